The zero-order chi connectivity index (χ0) is 22.7. The molecule has 0 N–H and O–H groups in total. The second kappa shape index (κ2) is 9.54. The van der Waals surface area contributed by atoms with Crippen molar-refractivity contribution in [3.8, 4) is 17.2 Å². The van der Waals surface area contributed by atoms with Crippen molar-refractivity contribution in [3.05, 3.63) is 58.1 Å². The molecule has 170 valence electrons. The van der Waals surface area contributed by atoms with Crippen molar-refractivity contribution in [3.63, 3.8) is 0 Å². The maximum atomic E-state index is 13.5. The van der Waals surface area contributed by atoms with E-state index in [0.29, 0.717) is 35.4 Å². The molecule has 1 aliphatic rings. The van der Waals surface area contributed by atoms with Crippen LogP contribution in [0.5, 0.6) is 17.2 Å². The molecule has 0 radical (unpaired) electrons. The second-order valence-corrected chi connectivity index (χ2v) is 7.90. The molecule has 2 aromatic carbocycles. The van der Waals surface area contributed by atoms with Crippen LogP contribution in [0.2, 0.25) is 0 Å². The molecular weight excluding hydrogens is 418 g/mol. The van der Waals surface area contributed by atoms with Gasteiger partial charge in [-0.05, 0) is 43.0 Å². The van der Waals surface area contributed by atoms with Crippen molar-refractivity contribution in [2.75, 3.05) is 14.2 Å². The predicted molar refractivity (Wildman–Crippen MR) is 117 cm³/mol. The first-order chi connectivity index (χ1) is 15.5. The van der Waals surface area contributed by atoms with Gasteiger partial charge in [0.25, 0.3) is 5.56 Å². The first kappa shape index (κ1) is 22.0. The lowest BCUT2D eigenvalue weighted by Gasteiger charge is -2.19. The molecule has 6 nitrogen and oxygen atoms in total. The van der Waals surface area contributed by atoms with Gasteiger partial charge in [-0.15, -0.1) is 0 Å². The van der Waals surface area contributed by atoms with Gasteiger partial charge in [0.15, 0.2) is 11.5 Å². The monoisotopic (exact) mass is 444 g/mol. The summed E-state index contributed by atoms with van der Waals surface area (Å²) in [7, 11) is 3.09. The van der Waals surface area contributed by atoms with Crippen LogP contribution in [0.25, 0.3) is 10.9 Å². The third kappa shape index (κ3) is 4.54. The van der Waals surface area contributed by atoms with Crippen LogP contribution < -0.4 is 19.8 Å². The minimum atomic E-state index is -2.85. The van der Waals surface area contributed by atoms with Crippen LogP contribution >= 0.6 is 0 Å². The highest BCUT2D eigenvalue weighted by Crippen LogP contribution is 2.35. The van der Waals surface area contributed by atoms with Gasteiger partial charge < -0.3 is 14.2 Å². The van der Waals surface area contributed by atoms with Gasteiger partial charge in [0, 0.05) is 18.5 Å². The number of fused-ring (bicyclic) bond motifs is 1. The molecule has 4 rings (SSSR count). The van der Waals surface area contributed by atoms with E-state index in [1.165, 1.54) is 19.2 Å². The molecule has 0 bridgehead atoms. The van der Waals surface area contributed by atoms with Crippen LogP contribution in [0, 0.1) is 0 Å². The number of alkyl halides is 2. The van der Waals surface area contributed by atoms with E-state index >= 15 is 0 Å². The summed E-state index contributed by atoms with van der Waals surface area (Å²) in [5.41, 5.74) is 1.40. The SMILES string of the molecule is COc1cc2nc(C3CCCC3)n(CCc3ccc(OC(F)F)cc3)c(=O)c2cc1OC. The van der Waals surface area contributed by atoms with Gasteiger partial charge in [-0.1, -0.05) is 25.0 Å². The smallest absolute Gasteiger partial charge is 0.387 e. The second-order valence-electron chi connectivity index (χ2n) is 7.90. The Hall–Kier alpha value is -3.16. The molecule has 1 fully saturated rings. The van der Waals surface area contributed by atoms with Gasteiger partial charge in [-0.2, -0.15) is 8.78 Å². The molecule has 1 aliphatic carbocycles. The average molecular weight is 444 g/mol. The standard InChI is InChI=1S/C24H26F2N2O4/c1-30-20-13-18-19(14-21(20)31-2)27-22(16-5-3-4-6-16)28(23(18)29)12-11-15-7-9-17(10-8-15)32-24(25)26/h7-10,13-14,16,24H,3-6,11-12H2,1-2H3. The highest BCUT2D eigenvalue weighted by Gasteiger charge is 2.24. The van der Waals surface area contributed by atoms with Gasteiger partial charge in [-0.25, -0.2) is 4.98 Å². The van der Waals surface area contributed by atoms with Gasteiger partial charge in [0.05, 0.1) is 25.1 Å². The van der Waals surface area contributed by atoms with Gasteiger partial charge in [0.2, 0.25) is 0 Å². The van der Waals surface area contributed by atoms with Crippen LogP contribution in [0.15, 0.2) is 41.2 Å². The molecule has 0 saturated heterocycles. The molecule has 1 aromatic heterocycles. The first-order valence-corrected chi connectivity index (χ1v) is 10.7. The summed E-state index contributed by atoms with van der Waals surface area (Å²) in [6.45, 7) is -2.41. The lowest BCUT2D eigenvalue weighted by atomic mass is 10.1. The largest absolute Gasteiger partial charge is 0.493 e. The number of hydrogen-bond donors (Lipinski definition) is 0. The Balaban J connectivity index is 1.70. The lowest BCUT2D eigenvalue weighted by Crippen LogP contribution is -2.27. The number of ether oxygens (including phenoxy) is 3. The van der Waals surface area contributed by atoms with E-state index in [4.69, 9.17) is 14.5 Å². The zero-order valence-corrected chi connectivity index (χ0v) is 18.1. The van der Waals surface area contributed by atoms with Crippen molar-refractivity contribution in [2.45, 2.75) is 51.2 Å². The zero-order valence-electron chi connectivity index (χ0n) is 18.1. The molecule has 0 atom stereocenters. The number of benzene rings is 2. The van der Waals surface area contributed by atoms with Gasteiger partial charge in [0.1, 0.15) is 11.6 Å². The summed E-state index contributed by atoms with van der Waals surface area (Å²) in [6.07, 6.45) is 4.82. The summed E-state index contributed by atoms with van der Waals surface area (Å²) < 4.78 is 41.7. The van der Waals surface area contributed by atoms with Crippen LogP contribution in [0.4, 0.5) is 8.78 Å². The van der Waals surface area contributed by atoms with E-state index in [2.05, 4.69) is 4.74 Å². The third-order valence-corrected chi connectivity index (χ3v) is 5.98. The van der Waals surface area contributed by atoms with E-state index in [0.717, 1.165) is 37.1 Å². The normalized spacial score (nSPS) is 14.3. The first-order valence-electron chi connectivity index (χ1n) is 10.7. The maximum absolute atomic E-state index is 13.5. The summed E-state index contributed by atoms with van der Waals surface area (Å²) in [4.78, 5) is 18.4. The molecule has 32 heavy (non-hydrogen) atoms. The average Bonchev–Trinajstić information content (AvgIpc) is 3.33. The number of aromatic nitrogens is 2. The minimum Gasteiger partial charge on any atom is -0.493 e. The fraction of sp³-hybridized carbons (Fsp3) is 0.417. The van der Waals surface area contributed by atoms with Crippen LogP contribution in [-0.4, -0.2) is 30.4 Å². The Kier molecular flexibility index (Phi) is 6.58. The summed E-state index contributed by atoms with van der Waals surface area (Å²) in [6, 6.07) is 9.92. The van der Waals surface area contributed by atoms with Crippen molar-refractivity contribution in [2.24, 2.45) is 0 Å². The van der Waals surface area contributed by atoms with Crippen molar-refractivity contribution in [1.82, 2.24) is 9.55 Å². The molecule has 1 saturated carbocycles. The van der Waals surface area contributed by atoms with E-state index in [1.807, 2.05) is 0 Å². The molecule has 0 spiro atoms. The Morgan fingerprint density at radius 1 is 1.06 bits per heavy atom. The van der Waals surface area contributed by atoms with Crippen molar-refractivity contribution < 1.29 is 23.0 Å². The highest BCUT2D eigenvalue weighted by molar-refractivity contribution is 5.82. The number of hydrogen-bond acceptors (Lipinski definition) is 5. The summed E-state index contributed by atoms with van der Waals surface area (Å²) in [5, 5.41) is 0.477. The van der Waals surface area contributed by atoms with Gasteiger partial charge >= 0.3 is 6.61 Å². The molecule has 1 heterocycles. The van der Waals surface area contributed by atoms with E-state index < -0.39 is 6.61 Å². The Bertz CT molecular complexity index is 1140. The molecule has 0 aliphatic heterocycles. The number of aryl methyl sites for hydroxylation is 1. The van der Waals surface area contributed by atoms with E-state index in [1.54, 1.807) is 35.9 Å². The molecule has 3 aromatic rings. The Labute approximate surface area is 184 Å². The molecule has 8 heteroatoms. The Morgan fingerprint density at radius 3 is 2.34 bits per heavy atom. The number of nitrogens with zero attached hydrogens (tertiary/aromatic N) is 2. The third-order valence-electron chi connectivity index (χ3n) is 5.98. The predicted octanol–water partition coefficient (Wildman–Crippen LogP) is 4.92. The van der Waals surface area contributed by atoms with Crippen LogP contribution in [0.1, 0.15) is 43.0 Å². The topological polar surface area (TPSA) is 62.6 Å². The molecular formula is C24H26F2N2O4. The molecule has 0 unspecified atom stereocenters. The Morgan fingerprint density at radius 2 is 1.72 bits per heavy atom. The lowest BCUT2D eigenvalue weighted by molar-refractivity contribution is -0.0498. The fourth-order valence-electron chi connectivity index (χ4n) is 4.36. The van der Waals surface area contributed by atoms with E-state index in [-0.39, 0.29) is 17.2 Å². The number of halogens is 2. The highest BCUT2D eigenvalue weighted by atomic mass is 19.3. The number of rotatable bonds is 8. The minimum absolute atomic E-state index is 0.112. The van der Waals surface area contributed by atoms with Crippen LogP contribution in [-0.2, 0) is 13.0 Å². The quantitative estimate of drug-likeness (QED) is 0.494. The summed E-state index contributed by atoms with van der Waals surface area (Å²) >= 11 is 0. The summed E-state index contributed by atoms with van der Waals surface area (Å²) in [5.74, 6) is 2.16. The van der Waals surface area contributed by atoms with Crippen molar-refractivity contribution in [1.29, 1.82) is 0 Å². The molecule has 0 amide bonds. The number of methoxy groups -OCH3 is 2. The van der Waals surface area contributed by atoms with Crippen LogP contribution in [0.3, 0.4) is 0 Å². The maximum Gasteiger partial charge on any atom is 0.387 e. The van der Waals surface area contributed by atoms with Crippen molar-refractivity contribution >= 4 is 10.9 Å². The van der Waals surface area contributed by atoms with Gasteiger partial charge in [-0.3, -0.25) is 9.36 Å². The van der Waals surface area contributed by atoms with E-state index in [9.17, 15) is 13.6 Å². The fourth-order valence-corrected chi connectivity index (χ4v) is 4.36.